The molecule has 1 fully saturated rings. The number of carboxylic acids is 1. The summed E-state index contributed by atoms with van der Waals surface area (Å²) in [6.45, 7) is 6.65. The number of carbonyl (C=O) groups excluding carboxylic acids is 1. The SMILES string of the molecule is C=CCN1C(=O)C(Cc2ccc(OCC)cc2)SC1=Nc1ccc(C(=O)O)cc1. The third-order valence-corrected chi connectivity index (χ3v) is 5.50. The summed E-state index contributed by atoms with van der Waals surface area (Å²) in [5, 5.41) is 9.34. The van der Waals surface area contributed by atoms with E-state index in [0.717, 1.165) is 11.3 Å². The molecule has 6 nitrogen and oxygen atoms in total. The average molecular weight is 410 g/mol. The zero-order valence-corrected chi connectivity index (χ0v) is 16.9. The van der Waals surface area contributed by atoms with E-state index in [9.17, 15) is 9.59 Å². The lowest BCUT2D eigenvalue weighted by Gasteiger charge is -2.14. The molecule has 1 saturated heterocycles. The summed E-state index contributed by atoms with van der Waals surface area (Å²) in [6, 6.07) is 14.0. The van der Waals surface area contributed by atoms with E-state index in [-0.39, 0.29) is 16.7 Å². The Morgan fingerprint density at radius 3 is 2.52 bits per heavy atom. The topological polar surface area (TPSA) is 79.2 Å². The third kappa shape index (κ3) is 5.06. The zero-order chi connectivity index (χ0) is 20.8. The molecular formula is C22H22N2O4S. The van der Waals surface area contributed by atoms with Crippen molar-refractivity contribution in [3.8, 4) is 5.75 Å². The lowest BCUT2D eigenvalue weighted by Crippen LogP contribution is -2.32. The average Bonchev–Trinajstić information content (AvgIpc) is 2.99. The van der Waals surface area contributed by atoms with E-state index in [2.05, 4.69) is 11.6 Å². The molecule has 1 aliphatic heterocycles. The van der Waals surface area contributed by atoms with Crippen LogP contribution in [0, 0.1) is 0 Å². The zero-order valence-electron chi connectivity index (χ0n) is 16.1. The lowest BCUT2D eigenvalue weighted by atomic mass is 10.1. The van der Waals surface area contributed by atoms with Gasteiger partial charge in [-0.05, 0) is 55.3 Å². The minimum absolute atomic E-state index is 0.00955. The number of benzene rings is 2. The number of aromatic carboxylic acids is 1. The molecule has 3 rings (SSSR count). The number of hydrogen-bond donors (Lipinski definition) is 1. The van der Waals surface area contributed by atoms with Gasteiger partial charge in [-0.15, -0.1) is 6.58 Å². The Kier molecular flexibility index (Phi) is 6.72. The van der Waals surface area contributed by atoms with Crippen LogP contribution in [-0.4, -0.2) is 45.5 Å². The van der Waals surface area contributed by atoms with Crippen LogP contribution in [0.3, 0.4) is 0 Å². The molecule has 0 spiro atoms. The molecule has 1 aliphatic rings. The maximum atomic E-state index is 12.9. The normalized spacial score (nSPS) is 17.6. The van der Waals surface area contributed by atoms with Crippen LogP contribution in [0.4, 0.5) is 5.69 Å². The van der Waals surface area contributed by atoms with Crippen molar-refractivity contribution in [2.75, 3.05) is 13.2 Å². The fourth-order valence-corrected chi connectivity index (χ4v) is 4.12. The highest BCUT2D eigenvalue weighted by molar-refractivity contribution is 8.15. The van der Waals surface area contributed by atoms with Crippen molar-refractivity contribution in [1.82, 2.24) is 4.90 Å². The molecule has 0 aromatic heterocycles. The Balaban J connectivity index is 1.78. The monoisotopic (exact) mass is 410 g/mol. The molecule has 1 heterocycles. The van der Waals surface area contributed by atoms with Gasteiger partial charge in [0.05, 0.1) is 23.1 Å². The summed E-state index contributed by atoms with van der Waals surface area (Å²) >= 11 is 1.41. The second-order valence-corrected chi connectivity index (χ2v) is 7.54. The van der Waals surface area contributed by atoms with Gasteiger partial charge in [0.15, 0.2) is 5.17 Å². The van der Waals surface area contributed by atoms with E-state index in [1.807, 2.05) is 31.2 Å². The standard InChI is InChI=1S/C22H22N2O4S/c1-3-13-24-20(25)19(14-15-5-11-18(12-6-15)28-4-2)29-22(24)23-17-9-7-16(8-10-17)21(26)27/h3,5-12,19H,1,4,13-14H2,2H3,(H,26,27). The van der Waals surface area contributed by atoms with Gasteiger partial charge >= 0.3 is 5.97 Å². The van der Waals surface area contributed by atoms with Crippen molar-refractivity contribution in [3.05, 3.63) is 72.3 Å². The first-order valence-electron chi connectivity index (χ1n) is 9.24. The number of amides is 1. The van der Waals surface area contributed by atoms with Crippen LogP contribution in [0.5, 0.6) is 5.75 Å². The summed E-state index contributed by atoms with van der Waals surface area (Å²) in [4.78, 5) is 30.1. The number of ether oxygens (including phenoxy) is 1. The van der Waals surface area contributed by atoms with Crippen molar-refractivity contribution < 1.29 is 19.4 Å². The molecule has 0 aliphatic carbocycles. The number of hydrogen-bond acceptors (Lipinski definition) is 5. The molecule has 2 aromatic carbocycles. The minimum Gasteiger partial charge on any atom is -0.494 e. The van der Waals surface area contributed by atoms with Crippen molar-refractivity contribution in [2.45, 2.75) is 18.6 Å². The fraction of sp³-hybridized carbons (Fsp3) is 0.227. The third-order valence-electron chi connectivity index (χ3n) is 4.33. The van der Waals surface area contributed by atoms with Gasteiger partial charge in [-0.1, -0.05) is 30.0 Å². The number of carboxylic acid groups (broad SMARTS) is 1. The van der Waals surface area contributed by atoms with Crippen LogP contribution >= 0.6 is 11.8 Å². The van der Waals surface area contributed by atoms with Crippen molar-refractivity contribution in [1.29, 1.82) is 0 Å². The number of thioether (sulfide) groups is 1. The number of amidine groups is 1. The lowest BCUT2D eigenvalue weighted by molar-refractivity contribution is -0.125. The van der Waals surface area contributed by atoms with Gasteiger partial charge in [-0.2, -0.15) is 0 Å². The highest BCUT2D eigenvalue weighted by Crippen LogP contribution is 2.32. The van der Waals surface area contributed by atoms with Crippen molar-refractivity contribution in [2.24, 2.45) is 4.99 Å². The van der Waals surface area contributed by atoms with Gasteiger partial charge in [0, 0.05) is 6.54 Å². The Hall–Kier alpha value is -3.06. The molecule has 1 amide bonds. The first-order valence-corrected chi connectivity index (χ1v) is 10.1. The summed E-state index contributed by atoms with van der Waals surface area (Å²) in [7, 11) is 0. The molecule has 0 saturated carbocycles. The second-order valence-electron chi connectivity index (χ2n) is 6.37. The fourth-order valence-electron chi connectivity index (χ4n) is 2.91. The van der Waals surface area contributed by atoms with E-state index in [1.54, 1.807) is 23.1 Å². The van der Waals surface area contributed by atoms with Crippen molar-refractivity contribution in [3.63, 3.8) is 0 Å². The molecule has 1 N–H and O–H groups in total. The van der Waals surface area contributed by atoms with Gasteiger partial charge in [0.2, 0.25) is 5.91 Å². The molecule has 150 valence electrons. The van der Waals surface area contributed by atoms with E-state index in [4.69, 9.17) is 9.84 Å². The van der Waals surface area contributed by atoms with Gasteiger partial charge in [0.25, 0.3) is 0 Å². The van der Waals surface area contributed by atoms with E-state index in [0.29, 0.717) is 30.4 Å². The molecule has 7 heteroatoms. The highest BCUT2D eigenvalue weighted by Gasteiger charge is 2.37. The molecule has 0 bridgehead atoms. The van der Waals surface area contributed by atoms with Gasteiger partial charge in [0.1, 0.15) is 5.75 Å². The van der Waals surface area contributed by atoms with Crippen LogP contribution < -0.4 is 4.74 Å². The molecule has 29 heavy (non-hydrogen) atoms. The maximum absolute atomic E-state index is 12.9. The Morgan fingerprint density at radius 2 is 1.93 bits per heavy atom. The number of nitrogens with zero attached hydrogens (tertiary/aromatic N) is 2. The molecule has 2 aromatic rings. The van der Waals surface area contributed by atoms with Gasteiger partial charge in [-0.25, -0.2) is 9.79 Å². The summed E-state index contributed by atoms with van der Waals surface area (Å²) < 4.78 is 5.46. The largest absolute Gasteiger partial charge is 0.494 e. The van der Waals surface area contributed by atoms with Crippen LogP contribution in [0.15, 0.2) is 66.2 Å². The number of carbonyl (C=O) groups is 2. The van der Waals surface area contributed by atoms with Crippen LogP contribution in [0.2, 0.25) is 0 Å². The molecule has 1 unspecified atom stereocenters. The van der Waals surface area contributed by atoms with E-state index < -0.39 is 5.97 Å². The quantitative estimate of drug-likeness (QED) is 0.662. The predicted molar refractivity (Wildman–Crippen MR) is 115 cm³/mol. The molecule has 0 radical (unpaired) electrons. The van der Waals surface area contributed by atoms with E-state index in [1.165, 1.54) is 23.9 Å². The summed E-state index contributed by atoms with van der Waals surface area (Å²) in [6.07, 6.45) is 2.25. The minimum atomic E-state index is -0.988. The van der Waals surface area contributed by atoms with Crippen molar-refractivity contribution >= 4 is 34.5 Å². The smallest absolute Gasteiger partial charge is 0.335 e. The van der Waals surface area contributed by atoms with E-state index >= 15 is 0 Å². The second kappa shape index (κ2) is 9.43. The van der Waals surface area contributed by atoms with Gasteiger partial charge in [-0.3, -0.25) is 9.69 Å². The highest BCUT2D eigenvalue weighted by atomic mass is 32.2. The number of aliphatic imine (C=N–C) groups is 1. The van der Waals surface area contributed by atoms with Crippen LogP contribution in [0.1, 0.15) is 22.8 Å². The Bertz CT molecular complexity index is 923. The summed E-state index contributed by atoms with van der Waals surface area (Å²) in [5.41, 5.74) is 1.84. The first-order chi connectivity index (χ1) is 14.0. The van der Waals surface area contributed by atoms with Gasteiger partial charge < -0.3 is 9.84 Å². The Morgan fingerprint density at radius 1 is 1.24 bits per heavy atom. The van der Waals surface area contributed by atoms with Crippen LogP contribution in [-0.2, 0) is 11.2 Å². The Labute approximate surface area is 173 Å². The predicted octanol–water partition coefficient (Wildman–Crippen LogP) is 4.14. The molecule has 1 atom stereocenters. The molecular weight excluding hydrogens is 388 g/mol. The maximum Gasteiger partial charge on any atom is 0.335 e. The number of rotatable bonds is 8. The van der Waals surface area contributed by atoms with Crippen LogP contribution in [0.25, 0.3) is 0 Å². The summed E-state index contributed by atoms with van der Waals surface area (Å²) in [5.74, 6) is -0.190. The first kappa shape index (κ1) is 20.7.